The molecule has 0 saturated carbocycles. The monoisotopic (exact) mass is 237 g/mol. The molecule has 0 fully saturated rings. The van der Waals surface area contributed by atoms with Crippen molar-refractivity contribution in [2.24, 2.45) is 5.73 Å². The largest absolute Gasteiger partial charge is 0.494 e. The van der Waals surface area contributed by atoms with E-state index in [9.17, 15) is 9.59 Å². The molecule has 1 amide bonds. The lowest BCUT2D eigenvalue weighted by Crippen LogP contribution is -2.30. The van der Waals surface area contributed by atoms with Crippen molar-refractivity contribution < 1.29 is 19.1 Å². The van der Waals surface area contributed by atoms with Gasteiger partial charge in [0.25, 0.3) is 5.91 Å². The smallest absolute Gasteiger partial charge is 0.338 e. The highest BCUT2D eigenvalue weighted by atomic mass is 16.5. The summed E-state index contributed by atoms with van der Waals surface area (Å²) in [6.07, 6.45) is -0.936. The molecule has 1 aromatic rings. The molecule has 5 nitrogen and oxygen atoms in total. The van der Waals surface area contributed by atoms with Crippen LogP contribution in [0.5, 0.6) is 5.75 Å². The molecule has 17 heavy (non-hydrogen) atoms. The molecule has 0 spiro atoms. The number of benzene rings is 1. The first-order valence-corrected chi connectivity index (χ1v) is 5.27. The van der Waals surface area contributed by atoms with Gasteiger partial charge in [-0.25, -0.2) is 4.79 Å². The summed E-state index contributed by atoms with van der Waals surface area (Å²) in [7, 11) is 0. The van der Waals surface area contributed by atoms with Crippen LogP contribution in [-0.2, 0) is 9.53 Å². The van der Waals surface area contributed by atoms with E-state index in [2.05, 4.69) is 0 Å². The van der Waals surface area contributed by atoms with Crippen LogP contribution >= 0.6 is 0 Å². The molecule has 1 aromatic carbocycles. The number of rotatable bonds is 5. The van der Waals surface area contributed by atoms with Crippen LogP contribution in [0.2, 0.25) is 0 Å². The predicted octanol–water partition coefficient (Wildman–Crippen LogP) is 1.12. The van der Waals surface area contributed by atoms with Gasteiger partial charge in [-0.05, 0) is 38.1 Å². The molecule has 5 heteroatoms. The Morgan fingerprint density at radius 3 is 2.35 bits per heavy atom. The van der Waals surface area contributed by atoms with Gasteiger partial charge in [0.1, 0.15) is 5.75 Å². The van der Waals surface area contributed by atoms with Crippen molar-refractivity contribution in [1.29, 1.82) is 0 Å². The van der Waals surface area contributed by atoms with E-state index in [1.54, 1.807) is 24.3 Å². The van der Waals surface area contributed by atoms with Crippen LogP contribution in [0, 0.1) is 0 Å². The van der Waals surface area contributed by atoms with E-state index in [-0.39, 0.29) is 0 Å². The molecule has 1 rings (SSSR count). The summed E-state index contributed by atoms with van der Waals surface area (Å²) < 4.78 is 10.1. The summed E-state index contributed by atoms with van der Waals surface area (Å²) in [6, 6.07) is 6.46. The Balaban J connectivity index is 2.66. The number of amides is 1. The van der Waals surface area contributed by atoms with Gasteiger partial charge in [0.2, 0.25) is 0 Å². The van der Waals surface area contributed by atoms with E-state index < -0.39 is 18.0 Å². The van der Waals surface area contributed by atoms with Crippen LogP contribution in [0.1, 0.15) is 24.2 Å². The Morgan fingerprint density at radius 2 is 1.88 bits per heavy atom. The maximum atomic E-state index is 11.6. The lowest BCUT2D eigenvalue weighted by molar-refractivity contribution is -0.125. The van der Waals surface area contributed by atoms with Gasteiger partial charge < -0.3 is 15.2 Å². The Bertz CT molecular complexity index is 399. The highest BCUT2D eigenvalue weighted by molar-refractivity contribution is 5.92. The maximum absolute atomic E-state index is 11.6. The number of ether oxygens (including phenoxy) is 2. The van der Waals surface area contributed by atoms with Crippen molar-refractivity contribution in [3.63, 3.8) is 0 Å². The second-order valence-electron chi connectivity index (χ2n) is 3.41. The summed E-state index contributed by atoms with van der Waals surface area (Å²) in [4.78, 5) is 22.3. The van der Waals surface area contributed by atoms with Gasteiger partial charge in [-0.3, -0.25) is 4.79 Å². The molecular formula is C12H15NO4. The third-order valence-corrected chi connectivity index (χ3v) is 2.09. The molecule has 92 valence electrons. The van der Waals surface area contributed by atoms with Crippen LogP contribution < -0.4 is 10.5 Å². The Hall–Kier alpha value is -2.04. The van der Waals surface area contributed by atoms with Crippen LogP contribution in [0.15, 0.2) is 24.3 Å². The standard InChI is InChI=1S/C12H15NO4/c1-3-16-10-6-4-9(5-7-10)12(15)17-8(2)11(13)14/h4-8H,3H2,1-2H3,(H2,13,14)/t8-/m0/s1. The molecule has 0 aromatic heterocycles. The van der Waals surface area contributed by atoms with Gasteiger partial charge in [0.15, 0.2) is 6.10 Å². The molecular weight excluding hydrogens is 222 g/mol. The van der Waals surface area contributed by atoms with Gasteiger partial charge >= 0.3 is 5.97 Å². The first-order valence-electron chi connectivity index (χ1n) is 5.27. The third kappa shape index (κ3) is 3.79. The van der Waals surface area contributed by atoms with Crippen molar-refractivity contribution >= 4 is 11.9 Å². The molecule has 0 aliphatic carbocycles. The SMILES string of the molecule is CCOc1ccc(C(=O)O[C@@H](C)C(N)=O)cc1. The molecule has 0 radical (unpaired) electrons. The van der Waals surface area contributed by atoms with Crippen LogP contribution in [-0.4, -0.2) is 24.6 Å². The van der Waals surface area contributed by atoms with E-state index in [4.69, 9.17) is 15.2 Å². The first kappa shape index (κ1) is 13.0. The van der Waals surface area contributed by atoms with Crippen molar-refractivity contribution in [2.45, 2.75) is 20.0 Å². The third-order valence-electron chi connectivity index (χ3n) is 2.09. The van der Waals surface area contributed by atoms with Gasteiger partial charge in [0, 0.05) is 0 Å². The van der Waals surface area contributed by atoms with Gasteiger partial charge in [-0.1, -0.05) is 0 Å². The maximum Gasteiger partial charge on any atom is 0.338 e. The van der Waals surface area contributed by atoms with Crippen LogP contribution in [0.4, 0.5) is 0 Å². The number of carbonyl (C=O) groups is 2. The fraction of sp³-hybridized carbons (Fsp3) is 0.333. The van der Waals surface area contributed by atoms with E-state index in [0.29, 0.717) is 17.9 Å². The quantitative estimate of drug-likeness (QED) is 0.778. The van der Waals surface area contributed by atoms with Gasteiger partial charge in [0.05, 0.1) is 12.2 Å². The molecule has 0 unspecified atom stereocenters. The highest BCUT2D eigenvalue weighted by Crippen LogP contribution is 2.13. The summed E-state index contributed by atoms with van der Waals surface area (Å²) in [5.41, 5.74) is 5.34. The van der Waals surface area contributed by atoms with Gasteiger partial charge in [-0.2, -0.15) is 0 Å². The number of nitrogens with two attached hydrogens (primary N) is 1. The molecule has 0 bridgehead atoms. The summed E-state index contributed by atoms with van der Waals surface area (Å²) >= 11 is 0. The second-order valence-corrected chi connectivity index (χ2v) is 3.41. The van der Waals surface area contributed by atoms with E-state index in [1.807, 2.05) is 6.92 Å². The van der Waals surface area contributed by atoms with Crippen molar-refractivity contribution in [1.82, 2.24) is 0 Å². The minimum atomic E-state index is -0.936. The minimum Gasteiger partial charge on any atom is -0.494 e. The van der Waals surface area contributed by atoms with Crippen molar-refractivity contribution in [2.75, 3.05) is 6.61 Å². The number of hydrogen-bond acceptors (Lipinski definition) is 4. The van der Waals surface area contributed by atoms with E-state index >= 15 is 0 Å². The molecule has 1 atom stereocenters. The lowest BCUT2D eigenvalue weighted by atomic mass is 10.2. The average Bonchev–Trinajstić information content (AvgIpc) is 2.30. The number of primary amides is 1. The zero-order valence-corrected chi connectivity index (χ0v) is 9.80. The second kappa shape index (κ2) is 5.89. The number of carbonyl (C=O) groups excluding carboxylic acids is 2. The molecule has 0 heterocycles. The topological polar surface area (TPSA) is 78.6 Å². The van der Waals surface area contributed by atoms with Crippen LogP contribution in [0.3, 0.4) is 0 Å². The first-order chi connectivity index (χ1) is 8.04. The molecule has 0 aliphatic rings. The number of hydrogen-bond donors (Lipinski definition) is 1. The Labute approximate surface area is 99.5 Å². The zero-order valence-electron chi connectivity index (χ0n) is 9.80. The average molecular weight is 237 g/mol. The summed E-state index contributed by atoms with van der Waals surface area (Å²) in [5.74, 6) is -0.587. The number of esters is 1. The van der Waals surface area contributed by atoms with E-state index in [0.717, 1.165) is 0 Å². The van der Waals surface area contributed by atoms with Gasteiger partial charge in [-0.15, -0.1) is 0 Å². The molecule has 0 aliphatic heterocycles. The van der Waals surface area contributed by atoms with Crippen molar-refractivity contribution in [3.05, 3.63) is 29.8 Å². The molecule has 0 saturated heterocycles. The zero-order chi connectivity index (χ0) is 12.8. The Kier molecular flexibility index (Phi) is 4.51. The van der Waals surface area contributed by atoms with E-state index in [1.165, 1.54) is 6.92 Å². The van der Waals surface area contributed by atoms with Crippen LogP contribution in [0.25, 0.3) is 0 Å². The van der Waals surface area contributed by atoms with Crippen molar-refractivity contribution in [3.8, 4) is 5.75 Å². The lowest BCUT2D eigenvalue weighted by Gasteiger charge is -2.09. The fourth-order valence-corrected chi connectivity index (χ4v) is 1.14. The molecule has 2 N–H and O–H groups in total. The summed E-state index contributed by atoms with van der Waals surface area (Å²) in [6.45, 7) is 3.86. The Morgan fingerprint density at radius 1 is 1.29 bits per heavy atom. The minimum absolute atomic E-state index is 0.349. The summed E-state index contributed by atoms with van der Waals surface area (Å²) in [5, 5.41) is 0. The highest BCUT2D eigenvalue weighted by Gasteiger charge is 2.15. The fourth-order valence-electron chi connectivity index (χ4n) is 1.14. The normalized spacial score (nSPS) is 11.6. The predicted molar refractivity (Wildman–Crippen MR) is 61.7 cm³/mol.